The Kier molecular flexibility index (Phi) is 5.27. The van der Waals surface area contributed by atoms with Gasteiger partial charge in [-0.3, -0.25) is 14.7 Å². The Labute approximate surface area is 173 Å². The van der Waals surface area contributed by atoms with Gasteiger partial charge in [0.2, 0.25) is 0 Å². The number of carbonyl (C=O) groups excluding carboxylic acids is 1. The number of benzene rings is 1. The first kappa shape index (κ1) is 19.0. The molecule has 0 unspecified atom stereocenters. The van der Waals surface area contributed by atoms with Crippen LogP contribution in [0.5, 0.6) is 0 Å². The van der Waals surface area contributed by atoms with Crippen LogP contribution in [0.1, 0.15) is 60.5 Å². The average Bonchev–Trinajstić information content (AvgIpc) is 3.59. The van der Waals surface area contributed by atoms with Gasteiger partial charge in [0, 0.05) is 35.6 Å². The number of para-hydroxylation sites is 1. The Morgan fingerprint density at radius 2 is 1.86 bits per heavy atom. The van der Waals surface area contributed by atoms with E-state index in [1.807, 2.05) is 30.3 Å². The molecule has 1 saturated carbocycles. The number of hydrogen-bond donors (Lipinski definition) is 1. The van der Waals surface area contributed by atoms with Gasteiger partial charge in [0.25, 0.3) is 5.91 Å². The lowest BCUT2D eigenvalue weighted by molar-refractivity contribution is 0.0767. The van der Waals surface area contributed by atoms with Crippen LogP contribution in [0.25, 0.3) is 10.9 Å². The predicted molar refractivity (Wildman–Crippen MR) is 116 cm³/mol. The van der Waals surface area contributed by atoms with Gasteiger partial charge in [-0.2, -0.15) is 0 Å². The minimum Gasteiger partial charge on any atom is -0.348 e. The molecule has 5 rings (SSSR count). The Morgan fingerprint density at radius 1 is 1.07 bits per heavy atom. The largest absolute Gasteiger partial charge is 0.348 e. The third-order valence-electron chi connectivity index (χ3n) is 6.97. The fourth-order valence-corrected chi connectivity index (χ4v) is 5.05. The number of aromatic nitrogens is 1. The van der Waals surface area contributed by atoms with E-state index in [-0.39, 0.29) is 11.9 Å². The van der Waals surface area contributed by atoms with Gasteiger partial charge in [0.05, 0.1) is 11.1 Å². The predicted octanol–water partition coefficient (Wildman–Crippen LogP) is 3.40. The van der Waals surface area contributed by atoms with Crippen LogP contribution in [0.4, 0.5) is 0 Å². The van der Waals surface area contributed by atoms with Gasteiger partial charge in [0.15, 0.2) is 0 Å². The molecule has 5 nitrogen and oxygen atoms in total. The first-order chi connectivity index (χ1) is 14.2. The highest BCUT2D eigenvalue weighted by atomic mass is 16.1. The van der Waals surface area contributed by atoms with Crippen LogP contribution in [0, 0.1) is 0 Å². The topological polar surface area (TPSA) is 48.5 Å². The highest BCUT2D eigenvalue weighted by Crippen LogP contribution is 2.40. The van der Waals surface area contributed by atoms with E-state index in [9.17, 15) is 4.79 Å². The number of piperidine rings is 2. The molecular formula is C24H32N4O. The summed E-state index contributed by atoms with van der Waals surface area (Å²) in [7, 11) is 2.21. The molecule has 0 spiro atoms. The summed E-state index contributed by atoms with van der Waals surface area (Å²) in [5.41, 5.74) is 2.83. The zero-order valence-electron chi connectivity index (χ0n) is 17.4. The number of nitrogens with zero attached hydrogens (tertiary/aromatic N) is 3. The highest BCUT2D eigenvalue weighted by molar-refractivity contribution is 6.06. The van der Waals surface area contributed by atoms with Crippen LogP contribution < -0.4 is 5.32 Å². The molecular weight excluding hydrogens is 360 g/mol. The maximum absolute atomic E-state index is 13.3. The molecule has 29 heavy (non-hydrogen) atoms. The molecule has 1 aromatic carbocycles. The molecule has 2 saturated heterocycles. The molecule has 2 aromatic rings. The molecule has 1 amide bonds. The number of nitrogens with one attached hydrogen (secondary N) is 1. The summed E-state index contributed by atoms with van der Waals surface area (Å²) in [5.74, 6) is 0.612. The Morgan fingerprint density at radius 3 is 2.66 bits per heavy atom. The lowest BCUT2D eigenvalue weighted by Crippen LogP contribution is -2.53. The van der Waals surface area contributed by atoms with Crippen molar-refractivity contribution in [1.82, 2.24) is 20.1 Å². The van der Waals surface area contributed by atoms with Crippen LogP contribution in [0.2, 0.25) is 0 Å². The van der Waals surface area contributed by atoms with Crippen molar-refractivity contribution in [2.75, 3.05) is 33.2 Å². The summed E-state index contributed by atoms with van der Waals surface area (Å²) in [6.07, 6.45) is 7.13. The van der Waals surface area contributed by atoms with Gasteiger partial charge in [-0.15, -0.1) is 0 Å². The van der Waals surface area contributed by atoms with Gasteiger partial charge in [0.1, 0.15) is 0 Å². The van der Waals surface area contributed by atoms with Crippen molar-refractivity contribution in [2.24, 2.45) is 0 Å². The molecule has 0 bridgehead atoms. The molecule has 154 valence electrons. The number of fused-ring (bicyclic) bond motifs is 1. The number of rotatable bonds is 4. The molecule has 1 aromatic heterocycles. The number of carbonyl (C=O) groups is 1. The van der Waals surface area contributed by atoms with E-state index >= 15 is 0 Å². The minimum atomic E-state index is 0.0701. The van der Waals surface area contributed by atoms with Crippen molar-refractivity contribution in [1.29, 1.82) is 0 Å². The summed E-state index contributed by atoms with van der Waals surface area (Å²) in [6.45, 7) is 4.53. The number of likely N-dealkylation sites (tertiary alicyclic amines) is 2. The van der Waals surface area contributed by atoms with E-state index in [0.29, 0.717) is 12.0 Å². The fraction of sp³-hybridized carbons (Fsp3) is 0.583. The molecule has 1 N–H and O–H groups in total. The third-order valence-corrected chi connectivity index (χ3v) is 6.97. The van der Waals surface area contributed by atoms with Crippen molar-refractivity contribution in [2.45, 2.75) is 56.5 Å². The third kappa shape index (κ3) is 4.17. The van der Waals surface area contributed by atoms with E-state index in [1.54, 1.807) is 0 Å². The Hall–Kier alpha value is -1.98. The van der Waals surface area contributed by atoms with Crippen molar-refractivity contribution in [3.8, 4) is 0 Å². The Balaban J connectivity index is 1.31. The van der Waals surface area contributed by atoms with Gasteiger partial charge in [-0.05, 0) is 77.3 Å². The SMILES string of the molecule is CN1CCC(N2CCC[C@H](NC(=O)c3cc(C4CC4)nc4ccccc34)C2)CC1. The maximum atomic E-state index is 13.3. The first-order valence-electron chi connectivity index (χ1n) is 11.3. The molecule has 1 aliphatic carbocycles. The molecule has 3 aliphatic rings. The minimum absolute atomic E-state index is 0.0701. The highest BCUT2D eigenvalue weighted by Gasteiger charge is 2.30. The number of pyridine rings is 1. The van der Waals surface area contributed by atoms with Crippen LogP contribution >= 0.6 is 0 Å². The van der Waals surface area contributed by atoms with Crippen LogP contribution in [0.3, 0.4) is 0 Å². The van der Waals surface area contributed by atoms with Gasteiger partial charge in [-0.25, -0.2) is 0 Å². The van der Waals surface area contributed by atoms with E-state index in [4.69, 9.17) is 4.98 Å². The second-order valence-electron chi connectivity index (χ2n) is 9.23. The molecule has 0 radical (unpaired) electrons. The zero-order valence-corrected chi connectivity index (χ0v) is 17.4. The molecule has 3 fully saturated rings. The summed E-state index contributed by atoms with van der Waals surface area (Å²) in [4.78, 5) is 23.1. The summed E-state index contributed by atoms with van der Waals surface area (Å²) in [6, 6.07) is 11.0. The van der Waals surface area contributed by atoms with Crippen molar-refractivity contribution in [3.05, 3.63) is 41.6 Å². The molecule has 5 heteroatoms. The number of amides is 1. The van der Waals surface area contributed by atoms with Crippen molar-refractivity contribution >= 4 is 16.8 Å². The van der Waals surface area contributed by atoms with E-state index in [2.05, 4.69) is 22.2 Å². The maximum Gasteiger partial charge on any atom is 0.252 e. The smallest absolute Gasteiger partial charge is 0.252 e. The van der Waals surface area contributed by atoms with Crippen molar-refractivity contribution in [3.63, 3.8) is 0 Å². The molecule has 1 atom stereocenters. The Bertz CT molecular complexity index is 886. The van der Waals surface area contributed by atoms with Crippen LogP contribution in [-0.2, 0) is 0 Å². The quantitative estimate of drug-likeness (QED) is 0.866. The number of hydrogen-bond acceptors (Lipinski definition) is 4. The monoisotopic (exact) mass is 392 g/mol. The second kappa shape index (κ2) is 8.04. The summed E-state index contributed by atoms with van der Waals surface area (Å²) < 4.78 is 0. The van der Waals surface area contributed by atoms with E-state index < -0.39 is 0 Å². The van der Waals surface area contributed by atoms with E-state index in [0.717, 1.165) is 35.1 Å². The molecule has 3 heterocycles. The normalized spacial score (nSPS) is 24.7. The van der Waals surface area contributed by atoms with Gasteiger partial charge >= 0.3 is 0 Å². The van der Waals surface area contributed by atoms with Gasteiger partial charge in [-0.1, -0.05) is 18.2 Å². The van der Waals surface area contributed by atoms with E-state index in [1.165, 1.54) is 51.7 Å². The fourth-order valence-electron chi connectivity index (χ4n) is 5.05. The van der Waals surface area contributed by atoms with Crippen LogP contribution in [-0.4, -0.2) is 66.0 Å². The lowest BCUT2D eigenvalue weighted by Gasteiger charge is -2.41. The standard InChI is InChI=1S/C24H32N4O/c1-27-13-10-19(11-14-27)28-12-4-5-18(16-28)25-24(29)21-15-23(17-8-9-17)26-22-7-3-2-6-20(21)22/h2-3,6-7,15,17-19H,4-5,8-14,16H2,1H3,(H,25,29)/t18-/m0/s1. The second-order valence-corrected chi connectivity index (χ2v) is 9.23. The first-order valence-corrected chi connectivity index (χ1v) is 11.3. The summed E-state index contributed by atoms with van der Waals surface area (Å²) in [5, 5.41) is 4.34. The summed E-state index contributed by atoms with van der Waals surface area (Å²) >= 11 is 0. The van der Waals surface area contributed by atoms with Gasteiger partial charge < -0.3 is 10.2 Å². The van der Waals surface area contributed by atoms with Crippen LogP contribution in [0.15, 0.2) is 30.3 Å². The van der Waals surface area contributed by atoms with Crippen molar-refractivity contribution < 1.29 is 4.79 Å². The molecule has 2 aliphatic heterocycles. The lowest BCUT2D eigenvalue weighted by atomic mass is 9.97. The zero-order chi connectivity index (χ0) is 19.8. The average molecular weight is 393 g/mol.